The first-order chi connectivity index (χ1) is 8.18. The maximum Gasteiger partial charge on any atom is 0.0952 e. The Balaban J connectivity index is 1.99. The molecule has 1 N–H and O–H groups in total. The SMILES string of the molecule is CC(C)C(C)NCC1OCCc2ccccc21. The van der Waals surface area contributed by atoms with E-state index in [0.717, 1.165) is 19.6 Å². The van der Waals surface area contributed by atoms with Crippen LogP contribution in [0, 0.1) is 5.92 Å². The van der Waals surface area contributed by atoms with Crippen molar-refractivity contribution in [2.45, 2.75) is 39.3 Å². The summed E-state index contributed by atoms with van der Waals surface area (Å²) in [5.74, 6) is 0.661. The lowest BCUT2D eigenvalue weighted by Gasteiger charge is -2.28. The van der Waals surface area contributed by atoms with Gasteiger partial charge in [-0.15, -0.1) is 0 Å². The van der Waals surface area contributed by atoms with Crippen molar-refractivity contribution in [3.8, 4) is 0 Å². The molecule has 0 aliphatic carbocycles. The number of hydrogen-bond acceptors (Lipinski definition) is 2. The van der Waals surface area contributed by atoms with Gasteiger partial charge in [0.2, 0.25) is 0 Å². The van der Waals surface area contributed by atoms with E-state index in [0.29, 0.717) is 12.0 Å². The number of fused-ring (bicyclic) bond motifs is 1. The van der Waals surface area contributed by atoms with Gasteiger partial charge in [-0.3, -0.25) is 0 Å². The van der Waals surface area contributed by atoms with Crippen LogP contribution in [-0.2, 0) is 11.2 Å². The molecule has 2 rings (SSSR count). The minimum absolute atomic E-state index is 0.223. The molecular weight excluding hydrogens is 210 g/mol. The van der Waals surface area contributed by atoms with E-state index in [-0.39, 0.29) is 6.10 Å². The summed E-state index contributed by atoms with van der Waals surface area (Å²) >= 11 is 0. The summed E-state index contributed by atoms with van der Waals surface area (Å²) in [7, 11) is 0. The van der Waals surface area contributed by atoms with E-state index in [1.54, 1.807) is 0 Å². The Morgan fingerprint density at radius 3 is 2.82 bits per heavy atom. The lowest BCUT2D eigenvalue weighted by molar-refractivity contribution is 0.0400. The fourth-order valence-electron chi connectivity index (χ4n) is 2.17. The Hall–Kier alpha value is -0.860. The van der Waals surface area contributed by atoms with Crippen LogP contribution in [0.1, 0.15) is 38.0 Å². The molecule has 2 unspecified atom stereocenters. The third kappa shape index (κ3) is 3.08. The number of rotatable bonds is 4. The summed E-state index contributed by atoms with van der Waals surface area (Å²) in [5.41, 5.74) is 2.81. The Morgan fingerprint density at radius 1 is 1.29 bits per heavy atom. The Labute approximate surface area is 104 Å². The molecule has 1 aromatic rings. The maximum atomic E-state index is 5.87. The van der Waals surface area contributed by atoms with Crippen LogP contribution in [0.2, 0.25) is 0 Å². The van der Waals surface area contributed by atoms with E-state index in [1.165, 1.54) is 11.1 Å². The predicted octanol–water partition coefficient (Wildman–Crippen LogP) is 2.93. The van der Waals surface area contributed by atoms with Gasteiger partial charge in [0.25, 0.3) is 0 Å². The van der Waals surface area contributed by atoms with Crippen LogP contribution in [0.3, 0.4) is 0 Å². The fraction of sp³-hybridized carbons (Fsp3) is 0.600. The highest BCUT2D eigenvalue weighted by Crippen LogP contribution is 2.26. The van der Waals surface area contributed by atoms with Crippen LogP contribution >= 0.6 is 0 Å². The lowest BCUT2D eigenvalue weighted by Crippen LogP contribution is -2.36. The number of benzene rings is 1. The van der Waals surface area contributed by atoms with Gasteiger partial charge in [0.15, 0.2) is 0 Å². The van der Waals surface area contributed by atoms with Crippen molar-refractivity contribution in [1.29, 1.82) is 0 Å². The van der Waals surface area contributed by atoms with Crippen LogP contribution in [0.15, 0.2) is 24.3 Å². The molecule has 17 heavy (non-hydrogen) atoms. The van der Waals surface area contributed by atoms with Gasteiger partial charge < -0.3 is 10.1 Å². The molecule has 0 aromatic heterocycles. The average Bonchev–Trinajstić information content (AvgIpc) is 2.35. The van der Waals surface area contributed by atoms with E-state index in [1.807, 2.05) is 0 Å². The highest BCUT2D eigenvalue weighted by molar-refractivity contribution is 5.31. The molecule has 1 heterocycles. The molecule has 94 valence electrons. The van der Waals surface area contributed by atoms with Crippen molar-refractivity contribution in [3.05, 3.63) is 35.4 Å². The molecule has 1 aromatic carbocycles. The first-order valence-corrected chi connectivity index (χ1v) is 6.61. The van der Waals surface area contributed by atoms with Gasteiger partial charge in [-0.1, -0.05) is 38.1 Å². The van der Waals surface area contributed by atoms with Gasteiger partial charge in [-0.05, 0) is 30.4 Å². The molecule has 0 spiro atoms. The molecule has 0 saturated heterocycles. The molecule has 2 nitrogen and oxygen atoms in total. The van der Waals surface area contributed by atoms with Crippen molar-refractivity contribution in [3.63, 3.8) is 0 Å². The molecule has 1 aliphatic heterocycles. The first-order valence-electron chi connectivity index (χ1n) is 6.61. The molecule has 0 amide bonds. The highest BCUT2D eigenvalue weighted by atomic mass is 16.5. The second kappa shape index (κ2) is 5.65. The Bertz CT molecular complexity index is 362. The molecule has 0 bridgehead atoms. The van der Waals surface area contributed by atoms with E-state index in [4.69, 9.17) is 4.74 Å². The van der Waals surface area contributed by atoms with Crippen LogP contribution < -0.4 is 5.32 Å². The second-order valence-electron chi connectivity index (χ2n) is 5.25. The zero-order chi connectivity index (χ0) is 12.3. The van der Waals surface area contributed by atoms with Crippen molar-refractivity contribution in [2.24, 2.45) is 5.92 Å². The fourth-order valence-corrected chi connectivity index (χ4v) is 2.17. The van der Waals surface area contributed by atoms with Crippen LogP contribution in [0.25, 0.3) is 0 Å². The van der Waals surface area contributed by atoms with Crippen LogP contribution in [0.5, 0.6) is 0 Å². The standard InChI is InChI=1S/C15H23NO/c1-11(2)12(3)16-10-15-14-7-5-4-6-13(14)8-9-17-15/h4-7,11-12,15-16H,8-10H2,1-3H3. The number of ether oxygens (including phenoxy) is 1. The van der Waals surface area contributed by atoms with E-state index in [9.17, 15) is 0 Å². The number of nitrogens with one attached hydrogen (secondary N) is 1. The van der Waals surface area contributed by atoms with Gasteiger partial charge in [-0.2, -0.15) is 0 Å². The average molecular weight is 233 g/mol. The van der Waals surface area contributed by atoms with Crippen molar-refractivity contribution < 1.29 is 4.74 Å². The van der Waals surface area contributed by atoms with Gasteiger partial charge in [0.1, 0.15) is 0 Å². The van der Waals surface area contributed by atoms with E-state index < -0.39 is 0 Å². The molecule has 1 aliphatic rings. The molecule has 2 heteroatoms. The monoisotopic (exact) mass is 233 g/mol. The van der Waals surface area contributed by atoms with E-state index >= 15 is 0 Å². The van der Waals surface area contributed by atoms with Crippen molar-refractivity contribution in [2.75, 3.05) is 13.2 Å². The Morgan fingerprint density at radius 2 is 2.06 bits per heavy atom. The van der Waals surface area contributed by atoms with Gasteiger partial charge >= 0.3 is 0 Å². The largest absolute Gasteiger partial charge is 0.372 e. The summed E-state index contributed by atoms with van der Waals surface area (Å²) in [4.78, 5) is 0. The normalized spacial score (nSPS) is 21.3. The molecule has 0 saturated carbocycles. The van der Waals surface area contributed by atoms with E-state index in [2.05, 4.69) is 50.4 Å². The predicted molar refractivity (Wildman–Crippen MR) is 71.1 cm³/mol. The van der Waals surface area contributed by atoms with Gasteiger partial charge in [-0.25, -0.2) is 0 Å². The first kappa shape index (κ1) is 12.6. The summed E-state index contributed by atoms with van der Waals surface area (Å²) in [5, 5.41) is 3.57. The summed E-state index contributed by atoms with van der Waals surface area (Å²) < 4.78 is 5.87. The van der Waals surface area contributed by atoms with Gasteiger partial charge in [0.05, 0.1) is 12.7 Å². The highest BCUT2D eigenvalue weighted by Gasteiger charge is 2.20. The molecule has 2 atom stereocenters. The number of hydrogen-bond donors (Lipinski definition) is 1. The second-order valence-corrected chi connectivity index (χ2v) is 5.25. The lowest BCUT2D eigenvalue weighted by atomic mass is 9.97. The summed E-state index contributed by atoms with van der Waals surface area (Å²) in [6.45, 7) is 8.48. The van der Waals surface area contributed by atoms with Crippen molar-refractivity contribution >= 4 is 0 Å². The quantitative estimate of drug-likeness (QED) is 0.863. The summed E-state index contributed by atoms with van der Waals surface area (Å²) in [6, 6.07) is 9.17. The summed E-state index contributed by atoms with van der Waals surface area (Å²) in [6.07, 6.45) is 1.27. The zero-order valence-corrected chi connectivity index (χ0v) is 11.1. The topological polar surface area (TPSA) is 21.3 Å². The molecular formula is C15H23NO. The van der Waals surface area contributed by atoms with Crippen LogP contribution in [-0.4, -0.2) is 19.2 Å². The minimum atomic E-state index is 0.223. The Kier molecular flexibility index (Phi) is 4.19. The zero-order valence-electron chi connectivity index (χ0n) is 11.1. The van der Waals surface area contributed by atoms with Gasteiger partial charge in [0, 0.05) is 12.6 Å². The maximum absolute atomic E-state index is 5.87. The molecule has 0 fully saturated rings. The third-order valence-corrected chi connectivity index (χ3v) is 3.72. The smallest absolute Gasteiger partial charge is 0.0952 e. The van der Waals surface area contributed by atoms with Crippen molar-refractivity contribution in [1.82, 2.24) is 5.32 Å². The molecule has 0 radical (unpaired) electrons. The van der Waals surface area contributed by atoms with Crippen LogP contribution in [0.4, 0.5) is 0 Å². The minimum Gasteiger partial charge on any atom is -0.372 e. The third-order valence-electron chi connectivity index (χ3n) is 3.72.